The molecule has 0 spiro atoms. The topological polar surface area (TPSA) is 105 Å². The Balaban J connectivity index is 2.66. The van der Waals surface area contributed by atoms with E-state index >= 15 is 0 Å². The lowest BCUT2D eigenvalue weighted by Gasteiger charge is -2.35. The first-order chi connectivity index (χ1) is 11.3. The van der Waals surface area contributed by atoms with Crippen molar-refractivity contribution in [3.63, 3.8) is 0 Å². The van der Waals surface area contributed by atoms with Gasteiger partial charge in [0.2, 0.25) is 0 Å². The maximum absolute atomic E-state index is 12.4. The molecule has 24 heavy (non-hydrogen) atoms. The molecule has 2 aromatic carbocycles. The Morgan fingerprint density at radius 1 is 1.17 bits per heavy atom. The number of aromatic hydroxyl groups is 2. The Kier molecular flexibility index (Phi) is 5.33. The molecule has 2 rings (SSSR count). The molecular weight excluding hydrogens is 332 g/mol. The van der Waals surface area contributed by atoms with E-state index in [0.29, 0.717) is 10.6 Å². The number of benzene rings is 2. The van der Waals surface area contributed by atoms with Crippen LogP contribution in [-0.4, -0.2) is 28.8 Å². The van der Waals surface area contributed by atoms with Gasteiger partial charge in [0.15, 0.2) is 11.5 Å². The molecule has 0 radical (unpaired) electrons. The van der Waals surface area contributed by atoms with Crippen molar-refractivity contribution in [2.45, 2.75) is 18.4 Å². The molecule has 0 aliphatic carbocycles. The highest BCUT2D eigenvalue weighted by molar-refractivity contribution is 6.30. The molecular formula is C17H19ClN2O4. The minimum absolute atomic E-state index is 0.255. The first-order valence-electron chi connectivity index (χ1n) is 7.17. The zero-order valence-electron chi connectivity index (χ0n) is 13.3. The summed E-state index contributed by atoms with van der Waals surface area (Å²) in [5, 5.41) is 19.9. The quantitative estimate of drug-likeness (QED) is 0.285. The van der Waals surface area contributed by atoms with Gasteiger partial charge in [-0.05, 0) is 42.3 Å². The number of phenolic OH excluding ortho intramolecular Hbond substituents is 2. The van der Waals surface area contributed by atoms with Gasteiger partial charge in [-0.25, -0.2) is 10.2 Å². The minimum Gasteiger partial charge on any atom is -0.504 e. The number of nitrogens with two attached hydrogens (primary N) is 1. The Morgan fingerprint density at radius 3 is 2.25 bits per heavy atom. The Hall–Kier alpha value is -2.28. The van der Waals surface area contributed by atoms with Crippen molar-refractivity contribution >= 4 is 17.6 Å². The highest BCUT2D eigenvalue weighted by Gasteiger charge is 2.43. The molecule has 0 saturated heterocycles. The second-order valence-electron chi connectivity index (χ2n) is 5.57. The van der Waals surface area contributed by atoms with E-state index in [1.807, 2.05) is 0 Å². The largest absolute Gasteiger partial charge is 0.504 e. The van der Waals surface area contributed by atoms with Crippen LogP contribution < -0.4 is 11.3 Å². The average molecular weight is 351 g/mol. The number of nitrogens with one attached hydrogen (secondary N) is 1. The molecule has 0 heterocycles. The zero-order valence-corrected chi connectivity index (χ0v) is 14.0. The van der Waals surface area contributed by atoms with Crippen molar-refractivity contribution in [1.82, 2.24) is 5.43 Å². The minimum atomic E-state index is -1.31. The highest BCUT2D eigenvalue weighted by atomic mass is 35.5. The summed E-state index contributed by atoms with van der Waals surface area (Å²) < 4.78 is 4.89. The Bertz CT molecular complexity index is 736. The number of ether oxygens (including phenoxy) is 1. The van der Waals surface area contributed by atoms with Crippen LogP contribution in [0, 0.1) is 0 Å². The third-order valence-corrected chi connectivity index (χ3v) is 4.27. The van der Waals surface area contributed by atoms with E-state index in [2.05, 4.69) is 5.43 Å². The van der Waals surface area contributed by atoms with Crippen molar-refractivity contribution in [2.75, 3.05) is 7.11 Å². The number of carbonyl (C=O) groups is 1. The first kappa shape index (κ1) is 18.1. The number of carbonyl (C=O) groups excluding carboxylic acids is 1. The lowest BCUT2D eigenvalue weighted by molar-refractivity contribution is -0.148. The van der Waals surface area contributed by atoms with Gasteiger partial charge in [-0.3, -0.25) is 5.84 Å². The summed E-state index contributed by atoms with van der Waals surface area (Å²) in [4.78, 5) is 12.4. The fourth-order valence-corrected chi connectivity index (χ4v) is 2.83. The molecule has 5 N–H and O–H groups in total. The van der Waals surface area contributed by atoms with Crippen LogP contribution in [0.4, 0.5) is 0 Å². The summed E-state index contributed by atoms with van der Waals surface area (Å²) in [5.41, 5.74) is 2.51. The van der Waals surface area contributed by atoms with Gasteiger partial charge in [0.05, 0.1) is 7.11 Å². The monoisotopic (exact) mass is 350 g/mol. The van der Waals surface area contributed by atoms with Crippen molar-refractivity contribution in [3.05, 3.63) is 58.6 Å². The molecule has 7 heteroatoms. The SMILES string of the molecule is COC(=O)[C@@](C)(NN)C(c1ccc(Cl)cc1)c1ccc(O)c(O)c1. The maximum Gasteiger partial charge on any atom is 0.328 e. The molecule has 0 aliphatic heterocycles. The van der Waals surface area contributed by atoms with Crippen molar-refractivity contribution in [2.24, 2.45) is 5.84 Å². The number of halogens is 1. The third kappa shape index (κ3) is 3.31. The summed E-state index contributed by atoms with van der Waals surface area (Å²) in [7, 11) is 1.27. The van der Waals surface area contributed by atoms with Crippen LogP contribution in [-0.2, 0) is 9.53 Å². The molecule has 6 nitrogen and oxygen atoms in total. The number of hydrogen-bond donors (Lipinski definition) is 4. The van der Waals surface area contributed by atoms with Crippen LogP contribution in [0.5, 0.6) is 11.5 Å². The Morgan fingerprint density at radius 2 is 1.75 bits per heavy atom. The second-order valence-corrected chi connectivity index (χ2v) is 6.01. The predicted octanol–water partition coefficient (Wildman–Crippen LogP) is 2.28. The number of phenols is 2. The molecule has 0 aliphatic rings. The van der Waals surface area contributed by atoms with E-state index in [1.165, 1.54) is 19.2 Å². The fourth-order valence-electron chi connectivity index (χ4n) is 2.71. The molecule has 0 aromatic heterocycles. The highest BCUT2D eigenvalue weighted by Crippen LogP contribution is 2.39. The number of hydrazine groups is 1. The van der Waals surface area contributed by atoms with Crippen LogP contribution in [0.3, 0.4) is 0 Å². The van der Waals surface area contributed by atoms with Gasteiger partial charge in [0.1, 0.15) is 5.54 Å². The average Bonchev–Trinajstić information content (AvgIpc) is 2.58. The first-order valence-corrected chi connectivity index (χ1v) is 7.54. The van der Waals surface area contributed by atoms with E-state index in [1.54, 1.807) is 37.3 Å². The van der Waals surface area contributed by atoms with E-state index in [4.69, 9.17) is 22.2 Å². The van der Waals surface area contributed by atoms with Gasteiger partial charge in [-0.15, -0.1) is 0 Å². The van der Waals surface area contributed by atoms with Crippen molar-refractivity contribution < 1.29 is 19.7 Å². The van der Waals surface area contributed by atoms with E-state index in [0.717, 1.165) is 5.56 Å². The molecule has 1 unspecified atom stereocenters. The predicted molar refractivity (Wildman–Crippen MR) is 90.8 cm³/mol. The van der Waals surface area contributed by atoms with Crippen LogP contribution in [0.1, 0.15) is 24.0 Å². The molecule has 2 atom stereocenters. The number of methoxy groups -OCH3 is 1. The van der Waals surface area contributed by atoms with Gasteiger partial charge in [0, 0.05) is 10.9 Å². The summed E-state index contributed by atoms with van der Waals surface area (Å²) >= 11 is 5.94. The van der Waals surface area contributed by atoms with Crippen LogP contribution in [0.15, 0.2) is 42.5 Å². The van der Waals surface area contributed by atoms with Gasteiger partial charge in [-0.2, -0.15) is 0 Å². The number of hydrogen-bond acceptors (Lipinski definition) is 6. The summed E-state index contributed by atoms with van der Waals surface area (Å²) in [5.74, 6) is 3.95. The lowest BCUT2D eigenvalue weighted by Crippen LogP contribution is -2.57. The van der Waals surface area contributed by atoms with Gasteiger partial charge in [-0.1, -0.05) is 29.8 Å². The summed E-state index contributed by atoms with van der Waals surface area (Å²) in [6, 6.07) is 11.2. The molecule has 0 amide bonds. The number of rotatable bonds is 5. The summed E-state index contributed by atoms with van der Waals surface area (Å²) in [6.07, 6.45) is 0. The van der Waals surface area contributed by atoms with Gasteiger partial charge in [0.25, 0.3) is 0 Å². The normalized spacial score (nSPS) is 14.7. The standard InChI is InChI=1S/C17H19ClN2O4/c1-17(20-19,16(23)24-2)15(10-3-6-12(18)7-4-10)11-5-8-13(21)14(22)9-11/h3-9,15,20-22H,19H2,1-2H3/t15?,17-/m0/s1. The van der Waals surface area contributed by atoms with Gasteiger partial charge < -0.3 is 14.9 Å². The van der Waals surface area contributed by atoms with Crippen LogP contribution in [0.25, 0.3) is 0 Å². The molecule has 0 fully saturated rings. The van der Waals surface area contributed by atoms with Crippen LogP contribution in [0.2, 0.25) is 5.02 Å². The summed E-state index contributed by atoms with van der Waals surface area (Å²) in [6.45, 7) is 1.60. The van der Waals surface area contributed by atoms with E-state index in [-0.39, 0.29) is 11.5 Å². The smallest absolute Gasteiger partial charge is 0.328 e. The molecule has 128 valence electrons. The van der Waals surface area contributed by atoms with E-state index < -0.39 is 17.4 Å². The van der Waals surface area contributed by atoms with E-state index in [9.17, 15) is 15.0 Å². The van der Waals surface area contributed by atoms with Crippen molar-refractivity contribution in [3.8, 4) is 11.5 Å². The lowest BCUT2D eigenvalue weighted by atomic mass is 9.76. The molecule has 0 saturated carbocycles. The Labute approximate surface area is 144 Å². The zero-order chi connectivity index (χ0) is 17.9. The van der Waals surface area contributed by atoms with Crippen molar-refractivity contribution in [1.29, 1.82) is 0 Å². The molecule has 0 bridgehead atoms. The fraction of sp³-hybridized carbons (Fsp3) is 0.235. The second kappa shape index (κ2) is 7.09. The maximum atomic E-state index is 12.4. The number of esters is 1. The van der Waals surface area contributed by atoms with Crippen LogP contribution >= 0.6 is 11.6 Å². The van der Waals surface area contributed by atoms with Gasteiger partial charge >= 0.3 is 5.97 Å². The molecule has 2 aromatic rings. The third-order valence-electron chi connectivity index (χ3n) is 4.02.